The number of carbonyl (C=O) groups is 1. The summed E-state index contributed by atoms with van der Waals surface area (Å²) in [6, 6.07) is -0.0166. The van der Waals surface area contributed by atoms with Crippen molar-refractivity contribution in [1.82, 2.24) is 14.9 Å². The minimum Gasteiger partial charge on any atom is -0.460 e. The molecule has 3 rings (SSSR count). The number of nitrogens with zero attached hydrogens (tertiary/aromatic N) is 3. The number of halogens is 3. The van der Waals surface area contributed by atoms with Crippen molar-refractivity contribution in [2.45, 2.75) is 38.0 Å². The molecule has 1 aromatic heterocycles. The Labute approximate surface area is 125 Å². The van der Waals surface area contributed by atoms with E-state index in [9.17, 15) is 18.0 Å². The van der Waals surface area contributed by atoms with Gasteiger partial charge in [-0.3, -0.25) is 4.79 Å². The molecule has 5 nitrogen and oxygen atoms in total. The van der Waals surface area contributed by atoms with E-state index in [1.807, 2.05) is 0 Å². The second-order valence-electron chi connectivity index (χ2n) is 6.08. The molecule has 1 saturated heterocycles. The lowest BCUT2D eigenvalue weighted by atomic mass is 9.68. The SMILES string of the molecule is O=CN1CC2(CCC(Oc3ncc(C(F)(F)F)cn3)CC2)C1. The number of hydrogen-bond donors (Lipinski definition) is 0. The van der Waals surface area contributed by atoms with Crippen molar-refractivity contribution in [2.24, 2.45) is 5.41 Å². The van der Waals surface area contributed by atoms with Gasteiger partial charge in [0, 0.05) is 30.9 Å². The highest BCUT2D eigenvalue weighted by molar-refractivity contribution is 5.49. The van der Waals surface area contributed by atoms with Crippen molar-refractivity contribution in [3.63, 3.8) is 0 Å². The molecule has 0 radical (unpaired) electrons. The number of aromatic nitrogens is 2. The van der Waals surface area contributed by atoms with Gasteiger partial charge in [0.05, 0.1) is 5.56 Å². The van der Waals surface area contributed by atoms with Crippen LogP contribution in [-0.2, 0) is 11.0 Å². The third-order valence-corrected chi connectivity index (χ3v) is 4.45. The molecular formula is C14H16F3N3O2. The maximum absolute atomic E-state index is 12.4. The molecule has 1 spiro atoms. The predicted molar refractivity (Wildman–Crippen MR) is 70.0 cm³/mol. The van der Waals surface area contributed by atoms with Gasteiger partial charge in [0.25, 0.3) is 0 Å². The van der Waals surface area contributed by atoms with Crippen molar-refractivity contribution in [2.75, 3.05) is 13.1 Å². The van der Waals surface area contributed by atoms with Crippen LogP contribution >= 0.6 is 0 Å². The van der Waals surface area contributed by atoms with Gasteiger partial charge in [-0.1, -0.05) is 0 Å². The minimum atomic E-state index is -4.44. The Morgan fingerprint density at radius 1 is 1.23 bits per heavy atom. The van der Waals surface area contributed by atoms with E-state index in [0.717, 1.165) is 57.6 Å². The molecule has 0 unspecified atom stereocenters. The first-order valence-electron chi connectivity index (χ1n) is 7.15. The summed E-state index contributed by atoms with van der Waals surface area (Å²) < 4.78 is 42.8. The van der Waals surface area contributed by atoms with E-state index in [1.54, 1.807) is 4.90 Å². The number of likely N-dealkylation sites (tertiary alicyclic amines) is 1. The Hall–Kier alpha value is -1.86. The maximum Gasteiger partial charge on any atom is 0.419 e. The van der Waals surface area contributed by atoms with Crippen molar-refractivity contribution in [3.05, 3.63) is 18.0 Å². The Kier molecular flexibility index (Phi) is 3.70. The minimum absolute atomic E-state index is 0.0166. The van der Waals surface area contributed by atoms with Crippen LogP contribution in [-0.4, -0.2) is 40.5 Å². The Balaban J connectivity index is 1.52. The first kappa shape index (κ1) is 15.1. The summed E-state index contributed by atoms with van der Waals surface area (Å²) in [5.74, 6) is 0. The zero-order valence-electron chi connectivity index (χ0n) is 11.8. The molecule has 2 fully saturated rings. The van der Waals surface area contributed by atoms with Crippen LogP contribution in [0.2, 0.25) is 0 Å². The van der Waals surface area contributed by atoms with Crippen LogP contribution in [0.5, 0.6) is 6.01 Å². The van der Waals surface area contributed by atoms with Gasteiger partial charge in [0.15, 0.2) is 0 Å². The average Bonchev–Trinajstić information content (AvgIpc) is 2.45. The van der Waals surface area contributed by atoms with Crippen LogP contribution < -0.4 is 4.74 Å². The molecule has 0 atom stereocenters. The average molecular weight is 315 g/mol. The molecule has 1 amide bonds. The molecule has 1 aliphatic heterocycles. The van der Waals surface area contributed by atoms with Gasteiger partial charge in [-0.05, 0) is 25.7 Å². The van der Waals surface area contributed by atoms with Crippen LogP contribution in [0, 0.1) is 5.41 Å². The summed E-state index contributed by atoms with van der Waals surface area (Å²) in [7, 11) is 0. The molecule has 1 saturated carbocycles. The van der Waals surface area contributed by atoms with Crippen molar-refractivity contribution in [1.29, 1.82) is 0 Å². The Morgan fingerprint density at radius 3 is 2.32 bits per heavy atom. The van der Waals surface area contributed by atoms with Crippen LogP contribution in [0.25, 0.3) is 0 Å². The standard InChI is InChI=1S/C14H16F3N3O2/c15-14(16,17)10-5-18-12(19-6-10)22-11-1-3-13(4-2-11)7-20(8-13)9-21/h5-6,9,11H,1-4,7-8H2. The van der Waals surface area contributed by atoms with E-state index in [-0.39, 0.29) is 17.5 Å². The van der Waals surface area contributed by atoms with Gasteiger partial charge in [-0.15, -0.1) is 0 Å². The molecule has 22 heavy (non-hydrogen) atoms. The predicted octanol–water partition coefficient (Wildman–Crippen LogP) is 2.28. The van der Waals surface area contributed by atoms with Crippen molar-refractivity contribution < 1.29 is 22.7 Å². The first-order chi connectivity index (χ1) is 10.4. The topological polar surface area (TPSA) is 55.3 Å². The van der Waals surface area contributed by atoms with Gasteiger partial charge in [-0.2, -0.15) is 13.2 Å². The van der Waals surface area contributed by atoms with Crippen LogP contribution in [0.3, 0.4) is 0 Å². The highest BCUT2D eigenvalue weighted by atomic mass is 19.4. The monoisotopic (exact) mass is 315 g/mol. The van der Waals surface area contributed by atoms with Gasteiger partial charge in [0.2, 0.25) is 6.41 Å². The second-order valence-corrected chi connectivity index (χ2v) is 6.08. The first-order valence-corrected chi connectivity index (χ1v) is 7.15. The fourth-order valence-corrected chi connectivity index (χ4v) is 3.20. The molecule has 0 bridgehead atoms. The number of rotatable bonds is 3. The highest BCUT2D eigenvalue weighted by Crippen LogP contribution is 2.43. The molecule has 0 aromatic carbocycles. The fourth-order valence-electron chi connectivity index (χ4n) is 3.20. The second kappa shape index (κ2) is 5.40. The third kappa shape index (κ3) is 3.00. The molecule has 120 valence electrons. The maximum atomic E-state index is 12.4. The largest absolute Gasteiger partial charge is 0.460 e. The molecular weight excluding hydrogens is 299 g/mol. The number of amides is 1. The van der Waals surface area contributed by atoms with E-state index < -0.39 is 11.7 Å². The molecule has 0 N–H and O–H groups in total. The molecule has 8 heteroatoms. The Morgan fingerprint density at radius 2 is 1.82 bits per heavy atom. The summed E-state index contributed by atoms with van der Waals surface area (Å²) in [6.07, 6.45) is 1.32. The number of carbonyl (C=O) groups excluding carboxylic acids is 1. The zero-order valence-corrected chi connectivity index (χ0v) is 11.8. The van der Waals surface area contributed by atoms with Crippen LogP contribution in [0.15, 0.2) is 12.4 Å². The molecule has 1 aliphatic carbocycles. The van der Waals surface area contributed by atoms with Gasteiger partial charge in [0.1, 0.15) is 6.10 Å². The van der Waals surface area contributed by atoms with Crippen molar-refractivity contribution in [3.8, 4) is 6.01 Å². The van der Waals surface area contributed by atoms with E-state index in [2.05, 4.69) is 9.97 Å². The lowest BCUT2D eigenvalue weighted by Gasteiger charge is -2.51. The summed E-state index contributed by atoms with van der Waals surface area (Å²) in [5.41, 5.74) is -0.673. The molecule has 1 aromatic rings. The van der Waals surface area contributed by atoms with Gasteiger partial charge >= 0.3 is 12.2 Å². The molecule has 2 aliphatic rings. The van der Waals surface area contributed by atoms with Crippen molar-refractivity contribution >= 4 is 6.41 Å². The quantitative estimate of drug-likeness (QED) is 0.803. The van der Waals surface area contributed by atoms with E-state index in [0.29, 0.717) is 0 Å². The smallest absolute Gasteiger partial charge is 0.419 e. The van der Waals surface area contributed by atoms with Crippen LogP contribution in [0.1, 0.15) is 31.2 Å². The number of alkyl halides is 3. The highest BCUT2D eigenvalue weighted by Gasteiger charge is 2.45. The van der Waals surface area contributed by atoms with E-state index in [1.165, 1.54) is 0 Å². The third-order valence-electron chi connectivity index (χ3n) is 4.45. The number of hydrogen-bond acceptors (Lipinski definition) is 4. The lowest BCUT2D eigenvalue weighted by molar-refractivity contribution is -0.138. The summed E-state index contributed by atoms with van der Waals surface area (Å²) in [6.45, 7) is 1.58. The van der Waals surface area contributed by atoms with Gasteiger partial charge < -0.3 is 9.64 Å². The summed E-state index contributed by atoms with van der Waals surface area (Å²) in [5, 5.41) is 0. The fraction of sp³-hybridized carbons (Fsp3) is 0.643. The van der Waals surface area contributed by atoms with Crippen LogP contribution in [0.4, 0.5) is 13.2 Å². The van der Waals surface area contributed by atoms with E-state index in [4.69, 9.17) is 4.74 Å². The summed E-state index contributed by atoms with van der Waals surface area (Å²) in [4.78, 5) is 19.6. The molecule has 2 heterocycles. The Bertz CT molecular complexity index is 531. The lowest BCUT2D eigenvalue weighted by Crippen LogP contribution is -2.57. The number of ether oxygens (including phenoxy) is 1. The normalized spacial score (nSPS) is 21.5. The van der Waals surface area contributed by atoms with E-state index >= 15 is 0 Å². The van der Waals surface area contributed by atoms with Gasteiger partial charge in [-0.25, -0.2) is 9.97 Å². The zero-order chi connectivity index (χ0) is 15.8. The summed E-state index contributed by atoms with van der Waals surface area (Å²) >= 11 is 0.